The Labute approximate surface area is 144 Å². The summed E-state index contributed by atoms with van der Waals surface area (Å²) in [5.74, 6) is 0.674. The average molecular weight is 339 g/mol. The van der Waals surface area contributed by atoms with E-state index in [1.54, 1.807) is 36.9 Å². The van der Waals surface area contributed by atoms with E-state index in [0.29, 0.717) is 18.6 Å². The summed E-state index contributed by atoms with van der Waals surface area (Å²) in [5.41, 5.74) is 2.64. The third-order valence-electron chi connectivity index (χ3n) is 3.42. The predicted octanol–water partition coefficient (Wildman–Crippen LogP) is 3.79. The molecular formula is C18H17N3O2S. The van der Waals surface area contributed by atoms with Crippen LogP contribution in [0.25, 0.3) is 10.6 Å². The van der Waals surface area contributed by atoms with E-state index >= 15 is 0 Å². The molecule has 122 valence electrons. The lowest BCUT2D eigenvalue weighted by molar-refractivity contribution is -0.116. The molecule has 0 saturated heterocycles. The van der Waals surface area contributed by atoms with Crippen LogP contribution in [0.5, 0.6) is 5.75 Å². The average Bonchev–Trinajstić information content (AvgIpc) is 3.10. The van der Waals surface area contributed by atoms with Crippen LogP contribution in [0.15, 0.2) is 54.2 Å². The number of ether oxygens (including phenoxy) is 1. The monoisotopic (exact) mass is 339 g/mol. The molecule has 24 heavy (non-hydrogen) atoms. The minimum absolute atomic E-state index is 0.0424. The quantitative estimate of drug-likeness (QED) is 0.742. The lowest BCUT2D eigenvalue weighted by Crippen LogP contribution is -2.12. The number of aryl methyl sites for hydroxylation is 1. The number of amides is 1. The molecule has 0 fully saturated rings. The fraction of sp³-hybridized carbons (Fsp3) is 0.167. The van der Waals surface area contributed by atoms with Crippen LogP contribution < -0.4 is 10.1 Å². The van der Waals surface area contributed by atoms with E-state index in [0.717, 1.165) is 22.0 Å². The molecule has 0 atom stereocenters. The number of anilines is 1. The lowest BCUT2D eigenvalue weighted by atomic mass is 10.2. The smallest absolute Gasteiger partial charge is 0.224 e. The van der Waals surface area contributed by atoms with E-state index in [9.17, 15) is 4.79 Å². The molecule has 0 unspecified atom stereocenters. The minimum atomic E-state index is -0.0424. The van der Waals surface area contributed by atoms with Crippen LogP contribution >= 0.6 is 11.3 Å². The van der Waals surface area contributed by atoms with Gasteiger partial charge in [-0.25, -0.2) is 4.98 Å². The zero-order valence-electron chi connectivity index (χ0n) is 13.2. The van der Waals surface area contributed by atoms with Crippen molar-refractivity contribution in [3.8, 4) is 16.3 Å². The number of aromatic nitrogens is 2. The second-order valence-electron chi connectivity index (χ2n) is 5.17. The standard InChI is InChI=1S/C18H17N3O2S/c1-23-16-6-2-5-14(10-16)20-17(22)8-7-15-12-24-18(21-15)13-4-3-9-19-11-13/h2-6,9-12H,7-8H2,1H3,(H,20,22). The molecule has 3 rings (SSSR count). The Hall–Kier alpha value is -2.73. The molecule has 0 aliphatic rings. The second kappa shape index (κ2) is 7.70. The zero-order valence-corrected chi connectivity index (χ0v) is 14.0. The summed E-state index contributed by atoms with van der Waals surface area (Å²) in [6.07, 6.45) is 4.51. The van der Waals surface area contributed by atoms with Gasteiger partial charge in [0.15, 0.2) is 0 Å². The van der Waals surface area contributed by atoms with Crippen molar-refractivity contribution in [2.75, 3.05) is 12.4 Å². The Kier molecular flexibility index (Phi) is 5.18. The lowest BCUT2D eigenvalue weighted by Gasteiger charge is -2.06. The molecule has 0 aliphatic carbocycles. The highest BCUT2D eigenvalue weighted by Gasteiger charge is 2.08. The fourth-order valence-electron chi connectivity index (χ4n) is 2.21. The molecule has 2 aromatic heterocycles. The first-order valence-electron chi connectivity index (χ1n) is 7.53. The molecule has 1 amide bonds. The van der Waals surface area contributed by atoms with Gasteiger partial charge in [-0.1, -0.05) is 6.07 Å². The van der Waals surface area contributed by atoms with Gasteiger partial charge in [-0.15, -0.1) is 11.3 Å². The van der Waals surface area contributed by atoms with Crippen molar-refractivity contribution in [2.24, 2.45) is 0 Å². The first-order valence-corrected chi connectivity index (χ1v) is 8.41. The van der Waals surface area contributed by atoms with Crippen LogP contribution in [0.3, 0.4) is 0 Å². The summed E-state index contributed by atoms with van der Waals surface area (Å²) < 4.78 is 5.15. The Bertz CT molecular complexity index is 818. The Morgan fingerprint density at radius 3 is 3.00 bits per heavy atom. The van der Waals surface area contributed by atoms with Gasteiger partial charge in [-0.3, -0.25) is 9.78 Å². The van der Waals surface area contributed by atoms with Crippen molar-refractivity contribution in [1.82, 2.24) is 9.97 Å². The van der Waals surface area contributed by atoms with Crippen molar-refractivity contribution in [1.29, 1.82) is 0 Å². The number of hydrogen-bond donors (Lipinski definition) is 1. The van der Waals surface area contributed by atoms with E-state index < -0.39 is 0 Å². The van der Waals surface area contributed by atoms with Crippen LogP contribution in [0.2, 0.25) is 0 Å². The molecule has 0 saturated carbocycles. The number of nitrogens with zero attached hydrogens (tertiary/aromatic N) is 2. The number of nitrogens with one attached hydrogen (secondary N) is 1. The number of carbonyl (C=O) groups excluding carboxylic acids is 1. The van der Waals surface area contributed by atoms with Crippen molar-refractivity contribution >= 4 is 22.9 Å². The Balaban J connectivity index is 1.56. The zero-order chi connectivity index (χ0) is 16.8. The second-order valence-corrected chi connectivity index (χ2v) is 6.02. The number of carbonyl (C=O) groups is 1. The van der Waals surface area contributed by atoms with Gasteiger partial charge < -0.3 is 10.1 Å². The van der Waals surface area contributed by atoms with E-state index in [1.165, 1.54) is 0 Å². The van der Waals surface area contributed by atoms with Gasteiger partial charge in [-0.2, -0.15) is 0 Å². The SMILES string of the molecule is COc1cccc(NC(=O)CCc2csc(-c3cccnc3)n2)c1. The summed E-state index contributed by atoms with van der Waals surface area (Å²) in [5, 5.41) is 5.78. The number of rotatable bonds is 6. The molecule has 5 nitrogen and oxygen atoms in total. The molecule has 0 radical (unpaired) electrons. The van der Waals surface area contributed by atoms with Crippen LogP contribution in [0, 0.1) is 0 Å². The maximum Gasteiger partial charge on any atom is 0.224 e. The van der Waals surface area contributed by atoms with Gasteiger partial charge in [0, 0.05) is 41.5 Å². The van der Waals surface area contributed by atoms with Crippen LogP contribution in [-0.2, 0) is 11.2 Å². The van der Waals surface area contributed by atoms with Crippen LogP contribution in [-0.4, -0.2) is 23.0 Å². The molecule has 2 heterocycles. The minimum Gasteiger partial charge on any atom is -0.497 e. The van der Waals surface area contributed by atoms with Gasteiger partial charge in [0.1, 0.15) is 10.8 Å². The predicted molar refractivity (Wildman–Crippen MR) is 95.3 cm³/mol. The number of pyridine rings is 1. The maximum atomic E-state index is 12.1. The van der Waals surface area contributed by atoms with Crippen molar-refractivity contribution in [2.45, 2.75) is 12.8 Å². The third kappa shape index (κ3) is 4.17. The van der Waals surface area contributed by atoms with Crippen molar-refractivity contribution < 1.29 is 9.53 Å². The van der Waals surface area contributed by atoms with Crippen molar-refractivity contribution in [3.05, 3.63) is 59.9 Å². The topological polar surface area (TPSA) is 64.1 Å². The molecule has 0 bridgehead atoms. The van der Waals surface area contributed by atoms with Gasteiger partial charge in [0.25, 0.3) is 0 Å². The number of methoxy groups -OCH3 is 1. The highest BCUT2D eigenvalue weighted by Crippen LogP contribution is 2.23. The fourth-order valence-corrected chi connectivity index (χ4v) is 3.05. The Morgan fingerprint density at radius 1 is 1.29 bits per heavy atom. The van der Waals surface area contributed by atoms with Gasteiger partial charge in [0.2, 0.25) is 5.91 Å². The highest BCUT2D eigenvalue weighted by molar-refractivity contribution is 7.13. The molecule has 3 aromatic rings. The summed E-state index contributed by atoms with van der Waals surface area (Å²) >= 11 is 1.56. The largest absolute Gasteiger partial charge is 0.497 e. The Morgan fingerprint density at radius 2 is 2.21 bits per heavy atom. The summed E-state index contributed by atoms with van der Waals surface area (Å²) in [7, 11) is 1.60. The molecule has 0 spiro atoms. The summed E-state index contributed by atoms with van der Waals surface area (Å²) in [6.45, 7) is 0. The molecule has 0 aliphatic heterocycles. The number of hydrogen-bond acceptors (Lipinski definition) is 5. The molecular weight excluding hydrogens is 322 g/mol. The van der Waals surface area contributed by atoms with E-state index in [2.05, 4.69) is 15.3 Å². The first kappa shape index (κ1) is 16.1. The van der Waals surface area contributed by atoms with E-state index in [1.807, 2.05) is 35.7 Å². The van der Waals surface area contributed by atoms with Gasteiger partial charge >= 0.3 is 0 Å². The first-order chi connectivity index (χ1) is 11.7. The summed E-state index contributed by atoms with van der Waals surface area (Å²) in [6, 6.07) is 11.2. The van der Waals surface area contributed by atoms with E-state index in [-0.39, 0.29) is 5.91 Å². The van der Waals surface area contributed by atoms with Crippen LogP contribution in [0.4, 0.5) is 5.69 Å². The maximum absolute atomic E-state index is 12.1. The third-order valence-corrected chi connectivity index (χ3v) is 4.36. The molecule has 6 heteroatoms. The molecule has 1 N–H and O–H groups in total. The normalized spacial score (nSPS) is 10.4. The van der Waals surface area contributed by atoms with Crippen molar-refractivity contribution in [3.63, 3.8) is 0 Å². The number of thiazole rings is 1. The van der Waals surface area contributed by atoms with Gasteiger partial charge in [0.05, 0.1) is 12.8 Å². The van der Waals surface area contributed by atoms with Gasteiger partial charge in [-0.05, 0) is 30.7 Å². The highest BCUT2D eigenvalue weighted by atomic mass is 32.1. The van der Waals surface area contributed by atoms with Crippen LogP contribution in [0.1, 0.15) is 12.1 Å². The molecule has 1 aromatic carbocycles. The summed E-state index contributed by atoms with van der Waals surface area (Å²) in [4.78, 5) is 20.7. The van der Waals surface area contributed by atoms with E-state index in [4.69, 9.17) is 4.74 Å². The number of benzene rings is 1.